The Balaban J connectivity index is 1.80. The summed E-state index contributed by atoms with van der Waals surface area (Å²) in [6, 6.07) is 6.43. The average molecular weight is 364 g/mol. The van der Waals surface area contributed by atoms with Crippen LogP contribution < -0.4 is 10.2 Å². The second-order valence-corrected chi connectivity index (χ2v) is 5.96. The predicted molar refractivity (Wildman–Crippen MR) is 100 cm³/mol. The molecule has 7 heteroatoms. The Morgan fingerprint density at radius 2 is 2.19 bits per heavy atom. The quantitative estimate of drug-likeness (QED) is 0.766. The number of hydrogen-bond donors (Lipinski definition) is 1. The minimum Gasteiger partial charge on any atom is -0.352 e. The number of pyridine rings is 3. The SMILES string of the molecule is [2H]C1([2H])Cc2ncc(Nc3ccncc3F)cc2C([2H])([2H])N1c1ncc(C#N)cc1C. The normalized spacial score (nSPS) is 18.9. The zero-order valence-corrected chi connectivity index (χ0v) is 14.4. The summed E-state index contributed by atoms with van der Waals surface area (Å²) >= 11 is 0. The van der Waals surface area contributed by atoms with E-state index in [1.807, 2.05) is 6.07 Å². The van der Waals surface area contributed by atoms with Gasteiger partial charge in [0, 0.05) is 40.2 Å². The fraction of sp³-hybridized carbons (Fsp3) is 0.200. The topological polar surface area (TPSA) is 77.7 Å². The zero-order chi connectivity index (χ0) is 22.4. The molecule has 4 rings (SSSR count). The van der Waals surface area contributed by atoms with Gasteiger partial charge in [-0.25, -0.2) is 9.37 Å². The van der Waals surface area contributed by atoms with E-state index < -0.39 is 18.8 Å². The molecule has 0 aliphatic carbocycles. The monoisotopic (exact) mass is 364 g/mol. The number of aromatic nitrogens is 3. The lowest BCUT2D eigenvalue weighted by Crippen LogP contribution is -2.32. The van der Waals surface area contributed by atoms with Crippen molar-refractivity contribution < 1.29 is 9.87 Å². The van der Waals surface area contributed by atoms with Crippen molar-refractivity contribution in [3.63, 3.8) is 0 Å². The largest absolute Gasteiger partial charge is 0.352 e. The van der Waals surface area contributed by atoms with Gasteiger partial charge in [0.25, 0.3) is 0 Å². The molecule has 0 unspecified atom stereocenters. The number of aryl methyl sites for hydroxylation is 2. The second-order valence-electron chi connectivity index (χ2n) is 5.96. The third kappa shape index (κ3) is 3.42. The van der Waals surface area contributed by atoms with E-state index in [1.165, 1.54) is 36.8 Å². The lowest BCUT2D eigenvalue weighted by Gasteiger charge is -2.30. The molecule has 6 nitrogen and oxygen atoms in total. The molecule has 3 aromatic heterocycles. The fourth-order valence-corrected chi connectivity index (χ4v) is 2.74. The Kier molecular flexibility index (Phi) is 3.31. The molecule has 0 saturated carbocycles. The van der Waals surface area contributed by atoms with Crippen LogP contribution in [0.1, 0.15) is 27.9 Å². The number of nitriles is 1. The summed E-state index contributed by atoms with van der Waals surface area (Å²) in [4.78, 5) is 13.1. The van der Waals surface area contributed by atoms with Crippen molar-refractivity contribution in [2.45, 2.75) is 19.8 Å². The molecule has 3 aromatic rings. The van der Waals surface area contributed by atoms with Crippen LogP contribution in [0.5, 0.6) is 0 Å². The molecular formula is C20H17FN6. The third-order valence-electron chi connectivity index (χ3n) is 4.05. The van der Waals surface area contributed by atoms with Crippen LogP contribution in [0.3, 0.4) is 0 Å². The Labute approximate surface area is 162 Å². The van der Waals surface area contributed by atoms with Crippen molar-refractivity contribution in [1.29, 1.82) is 5.26 Å². The van der Waals surface area contributed by atoms with Crippen molar-refractivity contribution in [1.82, 2.24) is 15.0 Å². The maximum Gasteiger partial charge on any atom is 0.164 e. The Morgan fingerprint density at radius 3 is 2.96 bits per heavy atom. The van der Waals surface area contributed by atoms with Crippen LogP contribution in [0, 0.1) is 24.1 Å². The highest BCUT2D eigenvalue weighted by atomic mass is 19.1. The molecule has 0 aromatic carbocycles. The number of halogens is 1. The Bertz CT molecular complexity index is 1210. The van der Waals surface area contributed by atoms with Crippen molar-refractivity contribution in [3.05, 3.63) is 71.2 Å². The highest BCUT2D eigenvalue weighted by molar-refractivity contribution is 5.60. The smallest absolute Gasteiger partial charge is 0.164 e. The van der Waals surface area contributed by atoms with Crippen LogP contribution >= 0.6 is 0 Å². The molecule has 4 heterocycles. The standard InChI is InChI=1S/C20H17FN6/c1-13-6-14(8-22)9-25-20(13)27-5-3-18-15(12-27)7-16(10-24-18)26-19-2-4-23-11-17(19)21/h2,4,6-7,9-11H,3,5,12H2,1H3,(H,23,26)/i5D2,12D2. The fourth-order valence-electron chi connectivity index (χ4n) is 2.74. The van der Waals surface area contributed by atoms with Gasteiger partial charge in [-0.15, -0.1) is 0 Å². The summed E-state index contributed by atoms with van der Waals surface area (Å²) < 4.78 is 48.5. The van der Waals surface area contributed by atoms with Gasteiger partial charge in [-0.3, -0.25) is 9.97 Å². The highest BCUT2D eigenvalue weighted by Crippen LogP contribution is 2.27. The number of fused-ring (bicyclic) bond motifs is 1. The Morgan fingerprint density at radius 1 is 1.30 bits per heavy atom. The van der Waals surface area contributed by atoms with Crippen molar-refractivity contribution in [2.24, 2.45) is 0 Å². The first-order chi connectivity index (χ1) is 14.6. The summed E-state index contributed by atoms with van der Waals surface area (Å²) in [5, 5.41) is 11.9. The van der Waals surface area contributed by atoms with Gasteiger partial charge in [0.2, 0.25) is 0 Å². The summed E-state index contributed by atoms with van der Waals surface area (Å²) in [6.07, 6.45) is 5.00. The summed E-state index contributed by atoms with van der Waals surface area (Å²) in [5.74, 6) is -0.475. The summed E-state index contributed by atoms with van der Waals surface area (Å²) in [7, 11) is 0. The molecule has 1 aliphatic heterocycles. The maximum atomic E-state index is 13.9. The number of nitrogens with one attached hydrogen (secondary N) is 1. The van der Waals surface area contributed by atoms with Gasteiger partial charge in [-0.2, -0.15) is 5.26 Å². The van der Waals surface area contributed by atoms with Gasteiger partial charge in [-0.05, 0) is 36.2 Å². The molecule has 27 heavy (non-hydrogen) atoms. The molecule has 0 atom stereocenters. The van der Waals surface area contributed by atoms with E-state index in [9.17, 15) is 4.39 Å². The first-order valence-corrected chi connectivity index (χ1v) is 8.16. The predicted octanol–water partition coefficient (Wildman–Crippen LogP) is 3.50. The van der Waals surface area contributed by atoms with Crippen LogP contribution in [-0.4, -0.2) is 21.4 Å². The first-order valence-electron chi connectivity index (χ1n) is 10.2. The van der Waals surface area contributed by atoms with Gasteiger partial charge in [0.05, 0.1) is 32.1 Å². The van der Waals surface area contributed by atoms with Crippen LogP contribution in [0.2, 0.25) is 0 Å². The van der Waals surface area contributed by atoms with Gasteiger partial charge in [0.15, 0.2) is 5.82 Å². The van der Waals surface area contributed by atoms with Crippen LogP contribution in [0.25, 0.3) is 0 Å². The number of rotatable bonds is 3. The maximum absolute atomic E-state index is 13.9. The molecule has 1 aliphatic rings. The van der Waals surface area contributed by atoms with Crippen molar-refractivity contribution in [2.75, 3.05) is 16.7 Å². The molecule has 0 amide bonds. The van der Waals surface area contributed by atoms with Crippen LogP contribution in [0.15, 0.2) is 43.0 Å². The molecular weight excluding hydrogens is 343 g/mol. The van der Waals surface area contributed by atoms with Crippen molar-refractivity contribution >= 4 is 17.2 Å². The van der Waals surface area contributed by atoms with Gasteiger partial charge < -0.3 is 10.2 Å². The van der Waals surface area contributed by atoms with E-state index in [1.54, 1.807) is 6.92 Å². The van der Waals surface area contributed by atoms with E-state index in [-0.39, 0.29) is 29.2 Å². The van der Waals surface area contributed by atoms with E-state index in [2.05, 4.69) is 20.3 Å². The zero-order valence-electron chi connectivity index (χ0n) is 18.4. The minimum atomic E-state index is -2.31. The van der Waals surface area contributed by atoms with Crippen LogP contribution in [-0.2, 0) is 12.9 Å². The summed E-state index contributed by atoms with van der Waals surface area (Å²) in [5.41, 5.74) is 1.68. The number of anilines is 3. The van der Waals surface area contributed by atoms with E-state index in [0.29, 0.717) is 16.8 Å². The van der Waals surface area contributed by atoms with Crippen LogP contribution in [0.4, 0.5) is 21.6 Å². The lowest BCUT2D eigenvalue weighted by atomic mass is 10.0. The first kappa shape index (κ1) is 12.8. The molecule has 0 fully saturated rings. The van der Waals surface area contributed by atoms with E-state index in [4.69, 9.17) is 10.7 Å². The Hall–Kier alpha value is -3.53. The highest BCUT2D eigenvalue weighted by Gasteiger charge is 2.20. The van der Waals surface area contributed by atoms with E-state index in [0.717, 1.165) is 11.1 Å². The van der Waals surface area contributed by atoms with Gasteiger partial charge in [0.1, 0.15) is 11.9 Å². The minimum absolute atomic E-state index is 0.0955. The van der Waals surface area contributed by atoms with E-state index >= 15 is 0 Å². The van der Waals surface area contributed by atoms with Crippen molar-refractivity contribution in [3.8, 4) is 6.07 Å². The van der Waals surface area contributed by atoms with Gasteiger partial charge >= 0.3 is 0 Å². The summed E-state index contributed by atoms with van der Waals surface area (Å²) in [6.45, 7) is -2.79. The molecule has 134 valence electrons. The molecule has 0 saturated heterocycles. The molecule has 1 N–H and O–H groups in total. The molecule has 0 spiro atoms. The number of nitrogens with zero attached hydrogens (tertiary/aromatic N) is 5. The third-order valence-corrected chi connectivity index (χ3v) is 4.05. The average Bonchev–Trinajstić information content (AvgIpc) is 2.71. The molecule has 0 bridgehead atoms. The second kappa shape index (κ2) is 7.00. The van der Waals surface area contributed by atoms with Gasteiger partial charge in [-0.1, -0.05) is 0 Å². The molecule has 0 radical (unpaired) electrons. The number of hydrogen-bond acceptors (Lipinski definition) is 6. The lowest BCUT2D eigenvalue weighted by molar-refractivity contribution is 0.625.